The summed E-state index contributed by atoms with van der Waals surface area (Å²) in [6, 6.07) is 6.60. The standard InChI is InChI=1S/C12H14O4/c1-2-15-8-7-12(14)16-11-6-4-3-5-10(11)9-13/h3-6,9H,2,7-8H2,1H3. The van der Waals surface area contributed by atoms with E-state index in [2.05, 4.69) is 0 Å². The predicted molar refractivity (Wildman–Crippen MR) is 58.6 cm³/mol. The van der Waals surface area contributed by atoms with Gasteiger partial charge in [0, 0.05) is 6.61 Å². The van der Waals surface area contributed by atoms with Gasteiger partial charge in [0.05, 0.1) is 18.6 Å². The van der Waals surface area contributed by atoms with Crippen LogP contribution in [0.25, 0.3) is 0 Å². The molecule has 0 atom stereocenters. The molecule has 0 N–H and O–H groups in total. The van der Waals surface area contributed by atoms with Gasteiger partial charge in [-0.3, -0.25) is 9.59 Å². The Morgan fingerprint density at radius 2 is 2.12 bits per heavy atom. The summed E-state index contributed by atoms with van der Waals surface area (Å²) in [6.45, 7) is 2.75. The summed E-state index contributed by atoms with van der Waals surface area (Å²) >= 11 is 0. The van der Waals surface area contributed by atoms with E-state index in [0.717, 1.165) is 0 Å². The zero-order chi connectivity index (χ0) is 11.8. The molecular weight excluding hydrogens is 208 g/mol. The van der Waals surface area contributed by atoms with Crippen molar-refractivity contribution in [3.05, 3.63) is 29.8 Å². The third-order valence-electron chi connectivity index (χ3n) is 1.92. The minimum absolute atomic E-state index is 0.182. The molecule has 0 fully saturated rings. The van der Waals surface area contributed by atoms with Crippen LogP contribution in [0, 0.1) is 0 Å². The molecule has 0 spiro atoms. The van der Waals surface area contributed by atoms with Gasteiger partial charge in [-0.1, -0.05) is 12.1 Å². The quantitative estimate of drug-likeness (QED) is 0.319. The van der Waals surface area contributed by atoms with E-state index in [0.29, 0.717) is 30.8 Å². The van der Waals surface area contributed by atoms with Crippen molar-refractivity contribution in [3.63, 3.8) is 0 Å². The van der Waals surface area contributed by atoms with Gasteiger partial charge < -0.3 is 9.47 Å². The lowest BCUT2D eigenvalue weighted by molar-refractivity contribution is -0.135. The van der Waals surface area contributed by atoms with Crippen LogP contribution in [-0.2, 0) is 9.53 Å². The number of hydrogen-bond donors (Lipinski definition) is 0. The zero-order valence-corrected chi connectivity index (χ0v) is 9.14. The lowest BCUT2D eigenvalue weighted by Crippen LogP contribution is -2.12. The maximum atomic E-state index is 11.3. The van der Waals surface area contributed by atoms with Crippen molar-refractivity contribution in [3.8, 4) is 5.75 Å². The van der Waals surface area contributed by atoms with Crippen molar-refractivity contribution in [1.29, 1.82) is 0 Å². The normalized spacial score (nSPS) is 9.81. The van der Waals surface area contributed by atoms with Crippen LogP contribution in [0.15, 0.2) is 24.3 Å². The van der Waals surface area contributed by atoms with Gasteiger partial charge in [0.15, 0.2) is 6.29 Å². The molecule has 0 aromatic heterocycles. The van der Waals surface area contributed by atoms with E-state index in [1.807, 2.05) is 6.92 Å². The highest BCUT2D eigenvalue weighted by Gasteiger charge is 2.07. The smallest absolute Gasteiger partial charge is 0.313 e. The molecule has 86 valence electrons. The van der Waals surface area contributed by atoms with Gasteiger partial charge in [-0.25, -0.2) is 0 Å². The molecule has 0 saturated carbocycles. The number of carbonyl (C=O) groups is 2. The second kappa shape index (κ2) is 6.74. The van der Waals surface area contributed by atoms with Gasteiger partial charge in [-0.2, -0.15) is 0 Å². The number of rotatable bonds is 6. The van der Waals surface area contributed by atoms with Crippen molar-refractivity contribution in [1.82, 2.24) is 0 Å². The predicted octanol–water partition coefficient (Wildman–Crippen LogP) is 1.83. The number of para-hydroxylation sites is 1. The monoisotopic (exact) mass is 222 g/mol. The molecule has 4 heteroatoms. The van der Waals surface area contributed by atoms with E-state index in [1.54, 1.807) is 24.3 Å². The molecule has 16 heavy (non-hydrogen) atoms. The molecule has 0 saturated heterocycles. The first-order valence-corrected chi connectivity index (χ1v) is 5.10. The van der Waals surface area contributed by atoms with Crippen LogP contribution in [0.3, 0.4) is 0 Å². The summed E-state index contributed by atoms with van der Waals surface area (Å²) in [7, 11) is 0. The molecule has 4 nitrogen and oxygen atoms in total. The van der Waals surface area contributed by atoms with E-state index >= 15 is 0 Å². The van der Waals surface area contributed by atoms with E-state index in [-0.39, 0.29) is 6.42 Å². The molecule has 0 heterocycles. The van der Waals surface area contributed by atoms with Crippen LogP contribution >= 0.6 is 0 Å². The molecule has 0 aliphatic carbocycles. The molecule has 0 radical (unpaired) electrons. The molecule has 0 amide bonds. The summed E-state index contributed by atoms with van der Waals surface area (Å²) in [6.07, 6.45) is 0.839. The van der Waals surface area contributed by atoms with Gasteiger partial charge in [0.25, 0.3) is 0 Å². The molecule has 0 aliphatic rings. The van der Waals surface area contributed by atoms with E-state index < -0.39 is 5.97 Å². The Labute approximate surface area is 94.2 Å². The van der Waals surface area contributed by atoms with Gasteiger partial charge >= 0.3 is 5.97 Å². The Balaban J connectivity index is 2.52. The van der Waals surface area contributed by atoms with E-state index in [4.69, 9.17) is 9.47 Å². The fourth-order valence-electron chi connectivity index (χ4n) is 1.14. The highest BCUT2D eigenvalue weighted by molar-refractivity contribution is 5.82. The average Bonchev–Trinajstić information content (AvgIpc) is 2.30. The van der Waals surface area contributed by atoms with Gasteiger partial charge in [-0.15, -0.1) is 0 Å². The zero-order valence-electron chi connectivity index (χ0n) is 9.14. The Morgan fingerprint density at radius 1 is 1.38 bits per heavy atom. The van der Waals surface area contributed by atoms with Gasteiger partial charge in [0.2, 0.25) is 0 Å². The summed E-state index contributed by atoms with van der Waals surface area (Å²) in [5.74, 6) is -0.109. The molecule has 0 bridgehead atoms. The first-order valence-electron chi connectivity index (χ1n) is 5.10. The number of carbonyl (C=O) groups excluding carboxylic acids is 2. The van der Waals surface area contributed by atoms with Crippen molar-refractivity contribution < 1.29 is 19.1 Å². The first-order chi connectivity index (χ1) is 7.77. The van der Waals surface area contributed by atoms with Gasteiger partial charge in [0.1, 0.15) is 5.75 Å². The fraction of sp³-hybridized carbons (Fsp3) is 0.333. The van der Waals surface area contributed by atoms with Crippen LogP contribution in [0.2, 0.25) is 0 Å². The van der Waals surface area contributed by atoms with E-state index in [9.17, 15) is 9.59 Å². The number of esters is 1. The summed E-state index contributed by atoms with van der Waals surface area (Å²) in [4.78, 5) is 22.0. The summed E-state index contributed by atoms with van der Waals surface area (Å²) < 4.78 is 10.1. The van der Waals surface area contributed by atoms with Gasteiger partial charge in [-0.05, 0) is 19.1 Å². The molecule has 0 aliphatic heterocycles. The lowest BCUT2D eigenvalue weighted by Gasteiger charge is -2.06. The number of benzene rings is 1. The minimum atomic E-state index is -0.400. The molecule has 1 aromatic carbocycles. The number of ether oxygens (including phenoxy) is 2. The van der Waals surface area contributed by atoms with Crippen molar-refractivity contribution >= 4 is 12.3 Å². The highest BCUT2D eigenvalue weighted by Crippen LogP contribution is 2.16. The van der Waals surface area contributed by atoms with Crippen LogP contribution in [0.4, 0.5) is 0 Å². The summed E-state index contributed by atoms with van der Waals surface area (Å²) in [5.41, 5.74) is 0.368. The van der Waals surface area contributed by atoms with E-state index in [1.165, 1.54) is 0 Å². The molecule has 1 rings (SSSR count). The van der Waals surface area contributed by atoms with Crippen molar-refractivity contribution in [2.75, 3.05) is 13.2 Å². The maximum Gasteiger partial charge on any atom is 0.313 e. The lowest BCUT2D eigenvalue weighted by atomic mass is 10.2. The largest absolute Gasteiger partial charge is 0.426 e. The minimum Gasteiger partial charge on any atom is -0.426 e. The van der Waals surface area contributed by atoms with Crippen molar-refractivity contribution in [2.45, 2.75) is 13.3 Å². The average molecular weight is 222 g/mol. The molecular formula is C12H14O4. The Hall–Kier alpha value is -1.68. The SMILES string of the molecule is CCOCCC(=O)Oc1ccccc1C=O. The third kappa shape index (κ3) is 3.82. The van der Waals surface area contributed by atoms with Crippen LogP contribution in [0.5, 0.6) is 5.75 Å². The molecule has 0 unspecified atom stereocenters. The fourth-order valence-corrected chi connectivity index (χ4v) is 1.14. The Kier molecular flexibility index (Phi) is 5.22. The maximum absolute atomic E-state index is 11.3. The van der Waals surface area contributed by atoms with Crippen molar-refractivity contribution in [2.24, 2.45) is 0 Å². The van der Waals surface area contributed by atoms with Crippen LogP contribution < -0.4 is 4.74 Å². The van der Waals surface area contributed by atoms with Crippen LogP contribution in [0.1, 0.15) is 23.7 Å². The second-order valence-corrected chi connectivity index (χ2v) is 3.08. The van der Waals surface area contributed by atoms with Crippen LogP contribution in [-0.4, -0.2) is 25.5 Å². The second-order valence-electron chi connectivity index (χ2n) is 3.08. The Bertz CT molecular complexity index is 360. The Morgan fingerprint density at radius 3 is 2.81 bits per heavy atom. The summed E-state index contributed by atoms with van der Waals surface area (Å²) in [5, 5.41) is 0. The third-order valence-corrected chi connectivity index (χ3v) is 1.92. The number of aldehydes is 1. The number of hydrogen-bond acceptors (Lipinski definition) is 4. The highest BCUT2D eigenvalue weighted by atomic mass is 16.5. The topological polar surface area (TPSA) is 52.6 Å². The first kappa shape index (κ1) is 12.4. The molecule has 1 aromatic rings.